The standard InChI is InChI=1S/C17H19ClO4/c1-5-10-6-16(20)22-13-8-14(12(18)7-11(10)13)21-9-15(19)17(2,3)4/h6-8H,5,9H2,1-4H3. The number of fused-ring (bicyclic) bond motifs is 1. The Balaban J connectivity index is 2.38. The van der Waals surface area contributed by atoms with Crippen molar-refractivity contribution in [2.24, 2.45) is 5.41 Å². The molecule has 0 aliphatic rings. The number of halogens is 1. The highest BCUT2D eigenvalue weighted by Gasteiger charge is 2.22. The predicted octanol–water partition coefficient (Wildman–Crippen LogP) is 4.00. The molecule has 2 rings (SSSR count). The summed E-state index contributed by atoms with van der Waals surface area (Å²) in [6.07, 6.45) is 0.696. The van der Waals surface area contributed by atoms with Crippen molar-refractivity contribution >= 4 is 28.4 Å². The minimum absolute atomic E-state index is 0.0348. The predicted molar refractivity (Wildman–Crippen MR) is 86.8 cm³/mol. The van der Waals surface area contributed by atoms with E-state index in [0.717, 1.165) is 10.9 Å². The van der Waals surface area contributed by atoms with Crippen LogP contribution in [0.5, 0.6) is 5.75 Å². The van der Waals surface area contributed by atoms with Crippen molar-refractivity contribution in [1.29, 1.82) is 0 Å². The molecule has 1 aromatic carbocycles. The smallest absolute Gasteiger partial charge is 0.336 e. The van der Waals surface area contributed by atoms with E-state index < -0.39 is 11.0 Å². The second kappa shape index (κ2) is 6.13. The summed E-state index contributed by atoms with van der Waals surface area (Å²) in [5.74, 6) is 0.301. The van der Waals surface area contributed by atoms with Gasteiger partial charge in [0.2, 0.25) is 0 Å². The van der Waals surface area contributed by atoms with Crippen LogP contribution in [0, 0.1) is 5.41 Å². The van der Waals surface area contributed by atoms with Crippen molar-refractivity contribution in [1.82, 2.24) is 0 Å². The number of carbonyl (C=O) groups excluding carboxylic acids is 1. The molecule has 1 aromatic heterocycles. The molecule has 0 amide bonds. The van der Waals surface area contributed by atoms with E-state index in [2.05, 4.69) is 0 Å². The highest BCUT2D eigenvalue weighted by atomic mass is 35.5. The van der Waals surface area contributed by atoms with Gasteiger partial charge in [0.05, 0.1) is 5.02 Å². The first kappa shape index (κ1) is 16.6. The van der Waals surface area contributed by atoms with Crippen LogP contribution < -0.4 is 10.4 Å². The number of Topliss-reactive ketones (excluding diaryl/α,β-unsaturated/α-hetero) is 1. The number of ketones is 1. The Morgan fingerprint density at radius 1 is 1.27 bits per heavy atom. The van der Waals surface area contributed by atoms with Crippen LogP contribution >= 0.6 is 11.6 Å². The molecule has 0 aliphatic heterocycles. The van der Waals surface area contributed by atoms with Crippen LogP contribution in [0.3, 0.4) is 0 Å². The van der Waals surface area contributed by atoms with Gasteiger partial charge in [0.15, 0.2) is 5.78 Å². The van der Waals surface area contributed by atoms with Crippen molar-refractivity contribution in [3.05, 3.63) is 39.2 Å². The van der Waals surface area contributed by atoms with Gasteiger partial charge in [-0.25, -0.2) is 4.79 Å². The van der Waals surface area contributed by atoms with Crippen LogP contribution in [0.1, 0.15) is 33.3 Å². The monoisotopic (exact) mass is 322 g/mol. The molecule has 0 N–H and O–H groups in total. The fourth-order valence-corrected chi connectivity index (χ4v) is 2.21. The molecule has 0 atom stereocenters. The van der Waals surface area contributed by atoms with Gasteiger partial charge in [-0.15, -0.1) is 0 Å². The lowest BCUT2D eigenvalue weighted by atomic mass is 9.91. The average Bonchev–Trinajstić information content (AvgIpc) is 2.43. The lowest BCUT2D eigenvalue weighted by Crippen LogP contribution is -2.26. The Morgan fingerprint density at radius 2 is 1.95 bits per heavy atom. The number of ether oxygens (including phenoxy) is 1. The molecule has 0 aliphatic carbocycles. The number of benzene rings is 1. The zero-order chi connectivity index (χ0) is 16.5. The molecule has 4 nitrogen and oxygen atoms in total. The number of hydrogen-bond acceptors (Lipinski definition) is 4. The summed E-state index contributed by atoms with van der Waals surface area (Å²) in [7, 11) is 0. The summed E-state index contributed by atoms with van der Waals surface area (Å²) < 4.78 is 10.7. The summed E-state index contributed by atoms with van der Waals surface area (Å²) in [6, 6.07) is 4.73. The van der Waals surface area contributed by atoms with Gasteiger partial charge < -0.3 is 9.15 Å². The number of hydrogen-bond donors (Lipinski definition) is 0. The molecule has 118 valence electrons. The SMILES string of the molecule is CCc1cc(=O)oc2cc(OCC(=O)C(C)(C)C)c(Cl)cc12. The maximum absolute atomic E-state index is 11.9. The molecule has 0 radical (unpaired) electrons. The molecule has 0 spiro atoms. The third-order valence-corrected chi connectivity index (χ3v) is 3.75. The van der Waals surface area contributed by atoms with E-state index in [4.69, 9.17) is 20.8 Å². The fourth-order valence-electron chi connectivity index (χ4n) is 1.99. The normalized spacial score (nSPS) is 11.7. The van der Waals surface area contributed by atoms with Crippen LogP contribution in [0.25, 0.3) is 11.0 Å². The van der Waals surface area contributed by atoms with E-state index in [1.807, 2.05) is 27.7 Å². The van der Waals surface area contributed by atoms with Gasteiger partial charge in [-0.05, 0) is 18.1 Å². The zero-order valence-corrected chi connectivity index (χ0v) is 13.9. The minimum Gasteiger partial charge on any atom is -0.484 e. The second-order valence-corrected chi connectivity index (χ2v) is 6.59. The van der Waals surface area contributed by atoms with Gasteiger partial charge >= 0.3 is 5.63 Å². The van der Waals surface area contributed by atoms with Crippen molar-refractivity contribution in [2.75, 3.05) is 6.61 Å². The maximum atomic E-state index is 11.9. The number of carbonyl (C=O) groups is 1. The van der Waals surface area contributed by atoms with Gasteiger partial charge in [0, 0.05) is 22.9 Å². The van der Waals surface area contributed by atoms with E-state index in [9.17, 15) is 9.59 Å². The van der Waals surface area contributed by atoms with E-state index in [-0.39, 0.29) is 12.4 Å². The molecule has 5 heteroatoms. The first-order chi connectivity index (χ1) is 10.2. The first-order valence-corrected chi connectivity index (χ1v) is 7.52. The Hall–Kier alpha value is -1.81. The molecule has 2 aromatic rings. The van der Waals surface area contributed by atoms with Gasteiger partial charge in [-0.1, -0.05) is 39.3 Å². The maximum Gasteiger partial charge on any atom is 0.336 e. The second-order valence-electron chi connectivity index (χ2n) is 6.18. The van der Waals surface area contributed by atoms with Gasteiger partial charge in [-0.2, -0.15) is 0 Å². The van der Waals surface area contributed by atoms with E-state index in [1.165, 1.54) is 6.07 Å². The Kier molecular flexibility index (Phi) is 4.61. The lowest BCUT2D eigenvalue weighted by molar-refractivity contribution is -0.128. The van der Waals surface area contributed by atoms with Gasteiger partial charge in [0.1, 0.15) is 17.9 Å². The molecule has 22 heavy (non-hydrogen) atoms. The Labute approximate surface area is 134 Å². The van der Waals surface area contributed by atoms with E-state index in [0.29, 0.717) is 22.8 Å². The molecule has 0 saturated heterocycles. The molecule has 0 unspecified atom stereocenters. The third-order valence-electron chi connectivity index (χ3n) is 3.46. The highest BCUT2D eigenvalue weighted by Crippen LogP contribution is 2.31. The molecular weight excluding hydrogens is 304 g/mol. The highest BCUT2D eigenvalue weighted by molar-refractivity contribution is 6.32. The number of aryl methyl sites for hydroxylation is 1. The first-order valence-electron chi connectivity index (χ1n) is 7.14. The van der Waals surface area contributed by atoms with Gasteiger partial charge in [0.25, 0.3) is 0 Å². The minimum atomic E-state index is -0.481. The van der Waals surface area contributed by atoms with E-state index >= 15 is 0 Å². The summed E-state index contributed by atoms with van der Waals surface area (Å²) >= 11 is 6.21. The van der Waals surface area contributed by atoms with Crippen molar-refractivity contribution in [3.63, 3.8) is 0 Å². The van der Waals surface area contributed by atoms with E-state index in [1.54, 1.807) is 12.1 Å². The van der Waals surface area contributed by atoms with Gasteiger partial charge in [-0.3, -0.25) is 4.79 Å². The molecule has 0 fully saturated rings. The summed E-state index contributed by atoms with van der Waals surface area (Å²) in [5, 5.41) is 1.17. The summed E-state index contributed by atoms with van der Waals surface area (Å²) in [6.45, 7) is 7.36. The van der Waals surface area contributed by atoms with Crippen LogP contribution in [0.4, 0.5) is 0 Å². The molecule has 1 heterocycles. The molecule has 0 bridgehead atoms. The van der Waals surface area contributed by atoms with Crippen LogP contribution in [-0.4, -0.2) is 12.4 Å². The fraction of sp³-hybridized carbons (Fsp3) is 0.412. The van der Waals surface area contributed by atoms with Crippen LogP contribution in [0.15, 0.2) is 27.4 Å². The topological polar surface area (TPSA) is 56.5 Å². The Bertz CT molecular complexity index is 769. The quantitative estimate of drug-likeness (QED) is 0.798. The van der Waals surface area contributed by atoms with Crippen molar-refractivity contribution in [2.45, 2.75) is 34.1 Å². The largest absolute Gasteiger partial charge is 0.484 e. The van der Waals surface area contributed by atoms with Crippen LogP contribution in [0.2, 0.25) is 5.02 Å². The van der Waals surface area contributed by atoms with Crippen molar-refractivity contribution in [3.8, 4) is 5.75 Å². The third kappa shape index (κ3) is 3.50. The average molecular weight is 323 g/mol. The molecular formula is C17H19ClO4. The number of rotatable bonds is 4. The van der Waals surface area contributed by atoms with Crippen molar-refractivity contribution < 1.29 is 13.9 Å². The summed E-state index contributed by atoms with van der Waals surface area (Å²) in [4.78, 5) is 23.5. The van der Waals surface area contributed by atoms with Crippen LogP contribution in [-0.2, 0) is 11.2 Å². The molecule has 0 saturated carbocycles. The summed E-state index contributed by atoms with van der Waals surface area (Å²) in [5.41, 5.74) is 0.381. The lowest BCUT2D eigenvalue weighted by Gasteiger charge is -2.17. The zero-order valence-electron chi connectivity index (χ0n) is 13.2. The Morgan fingerprint density at radius 3 is 2.55 bits per heavy atom.